The smallest absolute Gasteiger partial charge is 0.00584 e. The van der Waals surface area contributed by atoms with E-state index in [-0.39, 0.29) is 0 Å². The van der Waals surface area contributed by atoms with Gasteiger partial charge < -0.3 is 0 Å². The summed E-state index contributed by atoms with van der Waals surface area (Å²) in [6, 6.07) is 10.7. The highest BCUT2D eigenvalue weighted by molar-refractivity contribution is 5.35. The second-order valence-electron chi connectivity index (χ2n) is 4.04. The molecule has 0 radical (unpaired) electrons. The fourth-order valence-corrected chi connectivity index (χ4v) is 1.89. The average Bonchev–Trinajstić information content (AvgIpc) is 2.23. The minimum absolute atomic E-state index is 0.583. The molecule has 0 nitrogen and oxygen atoms in total. The van der Waals surface area contributed by atoms with Crippen molar-refractivity contribution in [3.05, 3.63) is 59.2 Å². The number of hydrogen-bond donors (Lipinski definition) is 0. The molecule has 0 amide bonds. The summed E-state index contributed by atoms with van der Waals surface area (Å²) in [6.45, 7) is 4.42. The molecule has 0 saturated carbocycles. The zero-order valence-corrected chi connectivity index (χ0v) is 8.83. The first-order valence-corrected chi connectivity index (χ1v) is 5.17. The van der Waals surface area contributed by atoms with Crippen molar-refractivity contribution in [3.8, 4) is 0 Å². The van der Waals surface area contributed by atoms with Crippen molar-refractivity contribution < 1.29 is 0 Å². The van der Waals surface area contributed by atoms with Gasteiger partial charge in [-0.2, -0.15) is 0 Å². The zero-order chi connectivity index (χ0) is 9.97. The number of hydrogen-bond acceptors (Lipinski definition) is 0. The molecule has 0 aromatic heterocycles. The highest BCUT2D eigenvalue weighted by atomic mass is 14.2. The summed E-state index contributed by atoms with van der Waals surface area (Å²) < 4.78 is 0. The Morgan fingerprint density at radius 1 is 1.07 bits per heavy atom. The lowest BCUT2D eigenvalue weighted by atomic mass is 9.86. The maximum absolute atomic E-state index is 2.32. The summed E-state index contributed by atoms with van der Waals surface area (Å²) in [7, 11) is 0. The van der Waals surface area contributed by atoms with Crippen molar-refractivity contribution in [2.24, 2.45) is 0 Å². The Balaban J connectivity index is 2.22. The summed E-state index contributed by atoms with van der Waals surface area (Å²) >= 11 is 0. The van der Waals surface area contributed by atoms with Crippen LogP contribution in [0, 0.1) is 0 Å². The van der Waals surface area contributed by atoms with Crippen LogP contribution in [0.25, 0.3) is 0 Å². The molecule has 1 unspecified atom stereocenters. The van der Waals surface area contributed by atoms with Crippen molar-refractivity contribution in [3.63, 3.8) is 0 Å². The van der Waals surface area contributed by atoms with Crippen LogP contribution in [0.1, 0.15) is 31.7 Å². The van der Waals surface area contributed by atoms with Crippen LogP contribution < -0.4 is 0 Å². The SMILES string of the molecule is CC1=C(C)CC(c2ccccc2)C=C1. The van der Waals surface area contributed by atoms with Crippen LogP contribution in [0.3, 0.4) is 0 Å². The second-order valence-corrected chi connectivity index (χ2v) is 4.04. The van der Waals surface area contributed by atoms with Crippen molar-refractivity contribution in [2.75, 3.05) is 0 Å². The lowest BCUT2D eigenvalue weighted by molar-refractivity contribution is 0.802. The summed E-state index contributed by atoms with van der Waals surface area (Å²) in [6.07, 6.45) is 5.74. The van der Waals surface area contributed by atoms with Crippen LogP contribution >= 0.6 is 0 Å². The van der Waals surface area contributed by atoms with E-state index in [0.717, 1.165) is 0 Å². The van der Waals surface area contributed by atoms with Gasteiger partial charge in [0.1, 0.15) is 0 Å². The Bertz CT molecular complexity index is 368. The first kappa shape index (κ1) is 9.26. The minimum Gasteiger partial charge on any atom is -0.0764 e. The van der Waals surface area contributed by atoms with Gasteiger partial charge in [0, 0.05) is 5.92 Å². The first-order valence-electron chi connectivity index (χ1n) is 5.17. The predicted molar refractivity (Wildman–Crippen MR) is 61.3 cm³/mol. The van der Waals surface area contributed by atoms with E-state index in [1.165, 1.54) is 23.1 Å². The van der Waals surface area contributed by atoms with Crippen LogP contribution in [0.4, 0.5) is 0 Å². The van der Waals surface area contributed by atoms with E-state index in [9.17, 15) is 0 Å². The van der Waals surface area contributed by atoms with Gasteiger partial charge in [-0.1, -0.05) is 53.6 Å². The second kappa shape index (κ2) is 3.83. The topological polar surface area (TPSA) is 0 Å². The highest BCUT2D eigenvalue weighted by Crippen LogP contribution is 2.30. The monoisotopic (exact) mass is 184 g/mol. The molecule has 1 atom stereocenters. The van der Waals surface area contributed by atoms with E-state index in [2.05, 4.69) is 56.3 Å². The molecule has 0 fully saturated rings. The maximum atomic E-state index is 2.32. The van der Waals surface area contributed by atoms with Crippen molar-refractivity contribution in [2.45, 2.75) is 26.2 Å². The highest BCUT2D eigenvalue weighted by Gasteiger charge is 2.12. The Morgan fingerprint density at radius 3 is 2.43 bits per heavy atom. The van der Waals surface area contributed by atoms with Crippen LogP contribution in [0.2, 0.25) is 0 Å². The molecule has 0 spiro atoms. The third-order valence-corrected chi connectivity index (χ3v) is 3.01. The molecule has 0 saturated heterocycles. The van der Waals surface area contributed by atoms with Gasteiger partial charge in [-0.3, -0.25) is 0 Å². The van der Waals surface area contributed by atoms with Crippen molar-refractivity contribution in [1.29, 1.82) is 0 Å². The predicted octanol–water partition coefficient (Wildman–Crippen LogP) is 4.07. The van der Waals surface area contributed by atoms with E-state index in [1.807, 2.05) is 0 Å². The normalized spacial score (nSPS) is 21.4. The van der Waals surface area contributed by atoms with E-state index < -0.39 is 0 Å². The number of rotatable bonds is 1. The van der Waals surface area contributed by atoms with Crippen LogP contribution in [-0.4, -0.2) is 0 Å². The summed E-state index contributed by atoms with van der Waals surface area (Å²) in [5.74, 6) is 0.583. The van der Waals surface area contributed by atoms with Crippen molar-refractivity contribution >= 4 is 0 Å². The Morgan fingerprint density at radius 2 is 1.79 bits per heavy atom. The quantitative estimate of drug-likeness (QED) is 0.617. The molecule has 2 rings (SSSR count). The molecule has 14 heavy (non-hydrogen) atoms. The lowest BCUT2D eigenvalue weighted by Gasteiger charge is -2.19. The number of allylic oxidation sites excluding steroid dienone is 4. The third kappa shape index (κ3) is 1.79. The molecule has 72 valence electrons. The zero-order valence-electron chi connectivity index (χ0n) is 8.83. The molecule has 0 N–H and O–H groups in total. The lowest BCUT2D eigenvalue weighted by Crippen LogP contribution is -2.01. The summed E-state index contributed by atoms with van der Waals surface area (Å²) in [5, 5.41) is 0. The van der Waals surface area contributed by atoms with Gasteiger partial charge in [-0.25, -0.2) is 0 Å². The van der Waals surface area contributed by atoms with Gasteiger partial charge in [0.15, 0.2) is 0 Å². The molecule has 1 aliphatic rings. The molecule has 0 aliphatic heterocycles. The third-order valence-electron chi connectivity index (χ3n) is 3.01. The number of benzene rings is 1. The van der Waals surface area contributed by atoms with E-state index in [4.69, 9.17) is 0 Å². The summed E-state index contributed by atoms with van der Waals surface area (Å²) in [5.41, 5.74) is 4.37. The Kier molecular flexibility index (Phi) is 2.53. The van der Waals surface area contributed by atoms with Crippen LogP contribution in [-0.2, 0) is 0 Å². The first-order chi connectivity index (χ1) is 6.77. The fraction of sp³-hybridized carbons (Fsp3) is 0.286. The van der Waals surface area contributed by atoms with Gasteiger partial charge in [-0.05, 0) is 25.8 Å². The van der Waals surface area contributed by atoms with E-state index in [1.54, 1.807) is 0 Å². The van der Waals surface area contributed by atoms with Gasteiger partial charge in [0.05, 0.1) is 0 Å². The molecule has 1 aliphatic carbocycles. The van der Waals surface area contributed by atoms with Gasteiger partial charge in [0.25, 0.3) is 0 Å². The van der Waals surface area contributed by atoms with Crippen molar-refractivity contribution in [1.82, 2.24) is 0 Å². The Labute approximate surface area is 86.0 Å². The van der Waals surface area contributed by atoms with Crippen LogP contribution in [0.15, 0.2) is 53.6 Å². The Hall–Kier alpha value is -1.30. The average molecular weight is 184 g/mol. The van der Waals surface area contributed by atoms with E-state index in [0.29, 0.717) is 5.92 Å². The van der Waals surface area contributed by atoms with Gasteiger partial charge >= 0.3 is 0 Å². The molecular formula is C14H16. The molecule has 1 aromatic rings. The van der Waals surface area contributed by atoms with Crippen LogP contribution in [0.5, 0.6) is 0 Å². The molecular weight excluding hydrogens is 168 g/mol. The largest absolute Gasteiger partial charge is 0.0764 e. The van der Waals surface area contributed by atoms with Gasteiger partial charge in [-0.15, -0.1) is 0 Å². The van der Waals surface area contributed by atoms with E-state index >= 15 is 0 Å². The molecule has 1 aromatic carbocycles. The standard InChI is InChI=1S/C14H16/c1-11-8-9-14(10-12(11)2)13-6-4-3-5-7-13/h3-9,14H,10H2,1-2H3. The molecule has 0 heteroatoms. The fourth-order valence-electron chi connectivity index (χ4n) is 1.89. The minimum atomic E-state index is 0.583. The molecule has 0 heterocycles. The molecule has 0 bridgehead atoms. The summed E-state index contributed by atoms with van der Waals surface area (Å²) in [4.78, 5) is 0. The maximum Gasteiger partial charge on any atom is 0.00584 e. The van der Waals surface area contributed by atoms with Gasteiger partial charge in [0.2, 0.25) is 0 Å².